The van der Waals surface area contributed by atoms with E-state index in [1.54, 1.807) is 18.2 Å². The molecule has 3 aliphatic rings. The number of carbonyl (C=O) groups is 4. The number of hydrogen-bond acceptors (Lipinski definition) is 10. The molecule has 2 aromatic rings. The Bertz CT molecular complexity index is 1610. The van der Waals surface area contributed by atoms with Crippen LogP contribution in [0.1, 0.15) is 94.4 Å². The molecule has 0 spiro atoms. The predicted molar refractivity (Wildman–Crippen MR) is 202 cm³/mol. The molecule has 54 heavy (non-hydrogen) atoms. The number of amides is 1. The van der Waals surface area contributed by atoms with Gasteiger partial charge in [0.25, 0.3) is 0 Å². The molecule has 0 bridgehead atoms. The largest absolute Gasteiger partial charge is 0.458 e. The first-order valence-corrected chi connectivity index (χ1v) is 19.8. The van der Waals surface area contributed by atoms with Crippen LogP contribution < -0.4 is 0 Å². The minimum atomic E-state index is -1.14. The van der Waals surface area contributed by atoms with Crippen LogP contribution in [0, 0.1) is 35.0 Å². The summed E-state index contributed by atoms with van der Waals surface area (Å²) in [4.78, 5) is 62.0. The Kier molecular flexibility index (Phi) is 13.4. The molecule has 1 amide bonds. The molecule has 12 heteroatoms. The van der Waals surface area contributed by atoms with E-state index in [9.17, 15) is 24.3 Å². The van der Waals surface area contributed by atoms with Gasteiger partial charge in [-0.15, -0.1) is 0 Å². The maximum absolute atomic E-state index is 14.4. The van der Waals surface area contributed by atoms with Crippen molar-refractivity contribution >= 4 is 23.6 Å². The number of rotatable bonds is 9. The van der Waals surface area contributed by atoms with Gasteiger partial charge in [-0.3, -0.25) is 14.4 Å². The Balaban J connectivity index is 1.38. The number of esters is 1. The second-order valence-corrected chi connectivity index (χ2v) is 16.8. The molecule has 0 radical (unpaired) electrons. The van der Waals surface area contributed by atoms with Gasteiger partial charge in [-0.05, 0) is 57.3 Å². The molecule has 1 N–H and O–H groups in total. The number of hydrogen-bond donors (Lipinski definition) is 1. The lowest BCUT2D eigenvalue weighted by Gasteiger charge is -2.45. The van der Waals surface area contributed by atoms with E-state index in [0.29, 0.717) is 38.8 Å². The second kappa shape index (κ2) is 17.5. The number of aliphatic hydroxyl groups excluding tert-OH is 1. The fraction of sp³-hybridized carbons (Fsp3) is 0.690. The van der Waals surface area contributed by atoms with Crippen molar-refractivity contribution in [2.24, 2.45) is 35.0 Å². The summed E-state index contributed by atoms with van der Waals surface area (Å²) in [5.41, 5.74) is 1.15. The Hall–Kier alpha value is -3.61. The summed E-state index contributed by atoms with van der Waals surface area (Å²) in [6.45, 7) is 17.6. The summed E-state index contributed by atoms with van der Waals surface area (Å²) in [6.07, 6.45) is 1.39. The summed E-state index contributed by atoms with van der Waals surface area (Å²) in [7, 11) is 0. The third kappa shape index (κ3) is 9.08. The third-order valence-electron chi connectivity index (χ3n) is 11.9. The first-order valence-electron chi connectivity index (χ1n) is 19.8. The lowest BCUT2D eigenvalue weighted by Crippen LogP contribution is -2.53. The molecule has 12 nitrogen and oxygen atoms in total. The van der Waals surface area contributed by atoms with Gasteiger partial charge in [0.15, 0.2) is 18.2 Å². The molecular formula is C42H61N3O9. The summed E-state index contributed by atoms with van der Waals surface area (Å²) >= 11 is 0. The maximum Gasteiger partial charge on any atom is 0.410 e. The highest BCUT2D eigenvalue weighted by Gasteiger charge is 2.53. The number of unbranched alkanes of at least 4 members (excludes halogenated alkanes) is 1. The van der Waals surface area contributed by atoms with Gasteiger partial charge in [0.2, 0.25) is 0 Å². The number of aryl methyl sites for hydroxylation is 1. The number of aliphatic hydroxyl groups is 1. The Morgan fingerprint density at radius 1 is 0.926 bits per heavy atom. The minimum absolute atomic E-state index is 0.0613. The second-order valence-electron chi connectivity index (χ2n) is 16.8. The van der Waals surface area contributed by atoms with Gasteiger partial charge in [-0.1, -0.05) is 78.8 Å². The Labute approximate surface area is 320 Å². The van der Waals surface area contributed by atoms with Gasteiger partial charge in [0, 0.05) is 42.6 Å². The van der Waals surface area contributed by atoms with Crippen molar-refractivity contribution in [1.29, 1.82) is 0 Å². The van der Waals surface area contributed by atoms with Gasteiger partial charge in [-0.25, -0.2) is 9.78 Å². The first kappa shape index (κ1) is 41.6. The van der Waals surface area contributed by atoms with Crippen LogP contribution in [-0.4, -0.2) is 92.6 Å². The number of carbonyl (C=O) groups excluding carboxylic acids is 4. The molecule has 0 aliphatic carbocycles. The number of cyclic esters (lactones) is 1. The number of ketones is 2. The van der Waals surface area contributed by atoms with Crippen LogP contribution in [0.5, 0.6) is 0 Å². The van der Waals surface area contributed by atoms with Crippen LogP contribution in [0.2, 0.25) is 0 Å². The fourth-order valence-corrected chi connectivity index (χ4v) is 8.91. The Morgan fingerprint density at radius 3 is 2.30 bits per heavy atom. The van der Waals surface area contributed by atoms with Crippen molar-refractivity contribution < 1.29 is 43.2 Å². The van der Waals surface area contributed by atoms with Crippen LogP contribution in [0.3, 0.4) is 0 Å². The van der Waals surface area contributed by atoms with Crippen molar-refractivity contribution in [3.63, 3.8) is 0 Å². The zero-order valence-electron chi connectivity index (χ0n) is 33.5. The van der Waals surface area contributed by atoms with Gasteiger partial charge < -0.3 is 33.5 Å². The molecule has 0 saturated carbocycles. The number of imidazole rings is 1. The van der Waals surface area contributed by atoms with Crippen molar-refractivity contribution in [3.8, 4) is 11.3 Å². The summed E-state index contributed by atoms with van der Waals surface area (Å²) < 4.78 is 26.6. The van der Waals surface area contributed by atoms with Crippen molar-refractivity contribution in [2.75, 3.05) is 6.54 Å². The predicted octanol–water partition coefficient (Wildman–Crippen LogP) is 6.47. The molecule has 298 valence electrons. The van der Waals surface area contributed by atoms with E-state index in [-0.39, 0.29) is 23.6 Å². The molecule has 1 aromatic carbocycles. The van der Waals surface area contributed by atoms with Crippen molar-refractivity contribution in [1.82, 2.24) is 14.5 Å². The number of Topliss-reactive ketones (excluding diaryl/α,β-unsaturated/α-hetero) is 2. The molecule has 5 rings (SSSR count). The van der Waals surface area contributed by atoms with E-state index >= 15 is 0 Å². The topological polar surface area (TPSA) is 146 Å². The standard InChI is InChI=1S/C42H61N3O9/c1-10-32-37-33(45(41(50)53-37)19-15-14-18-44-22-31(43-23-44)30-16-12-11-13-17-30)27(5)34(46)25(3)21-42(8,9)38(28(6)36(48)29(7)39(49)52-32)54-40-35(47)24(2)20-26(4)51-40/h11-13,16-17,22-29,32-33,35,37-38,40,47H,10,14-15,18-21H2,1-9H3/t24-,25+,26+,27+,28-,29+,32+,33+,35+,37+,38+,40-/m0/s1. The molecule has 3 saturated heterocycles. The molecule has 1 aromatic heterocycles. The van der Waals surface area contributed by atoms with E-state index in [0.717, 1.165) is 17.7 Å². The van der Waals surface area contributed by atoms with Crippen molar-refractivity contribution in [3.05, 3.63) is 42.9 Å². The van der Waals surface area contributed by atoms with Crippen molar-refractivity contribution in [2.45, 2.75) is 144 Å². The molecule has 4 heterocycles. The quantitative estimate of drug-likeness (QED) is 0.172. The van der Waals surface area contributed by atoms with Gasteiger partial charge in [0.1, 0.15) is 23.9 Å². The van der Waals surface area contributed by atoms with Crippen LogP contribution in [-0.2, 0) is 39.9 Å². The van der Waals surface area contributed by atoms with Gasteiger partial charge in [-0.2, -0.15) is 0 Å². The molecule has 0 unspecified atom stereocenters. The number of aromatic nitrogens is 2. The lowest BCUT2D eigenvalue weighted by atomic mass is 9.70. The molecule has 3 aliphatic heterocycles. The highest BCUT2D eigenvalue weighted by Crippen LogP contribution is 2.41. The molecule has 3 fully saturated rings. The summed E-state index contributed by atoms with van der Waals surface area (Å²) in [6, 6.07) is 9.28. The van der Waals surface area contributed by atoms with Gasteiger partial charge in [0.05, 0.1) is 30.3 Å². The first-order chi connectivity index (χ1) is 25.5. The summed E-state index contributed by atoms with van der Waals surface area (Å²) in [5.74, 6) is -4.31. The van der Waals surface area contributed by atoms with Crippen LogP contribution in [0.15, 0.2) is 42.9 Å². The number of fused-ring (bicyclic) bond motifs is 1. The fourth-order valence-electron chi connectivity index (χ4n) is 8.91. The maximum atomic E-state index is 14.4. The zero-order valence-corrected chi connectivity index (χ0v) is 33.5. The number of ether oxygens (including phenoxy) is 4. The zero-order chi connectivity index (χ0) is 39.5. The third-order valence-corrected chi connectivity index (χ3v) is 11.9. The van der Waals surface area contributed by atoms with Crippen LogP contribution in [0.4, 0.5) is 4.79 Å². The van der Waals surface area contributed by atoms with Crippen LogP contribution >= 0.6 is 0 Å². The monoisotopic (exact) mass is 751 g/mol. The molecular weight excluding hydrogens is 690 g/mol. The summed E-state index contributed by atoms with van der Waals surface area (Å²) in [5, 5.41) is 11.1. The number of nitrogens with zero attached hydrogens (tertiary/aromatic N) is 3. The average molecular weight is 752 g/mol. The molecule has 12 atom stereocenters. The smallest absolute Gasteiger partial charge is 0.410 e. The SMILES string of the molecule is CC[C@H]1OC(=O)[C@H](C)C(=O)[C@H](C)[C@@H](O[C@@H]2O[C@H](C)C[C@H](C)[C@H]2O)C(C)(C)C[C@@H](C)C(=O)[C@H](C)[C@@H]2[C@@H]1OC(=O)N2CCCCn1cnc(-c2ccccc2)c1. The number of benzene rings is 1. The van der Waals surface area contributed by atoms with E-state index in [1.807, 2.05) is 89.6 Å². The lowest BCUT2D eigenvalue weighted by molar-refractivity contribution is -0.284. The minimum Gasteiger partial charge on any atom is -0.458 e. The average Bonchev–Trinajstić information content (AvgIpc) is 3.75. The van der Waals surface area contributed by atoms with E-state index in [4.69, 9.17) is 18.9 Å². The highest BCUT2D eigenvalue weighted by molar-refractivity contribution is 6.00. The Morgan fingerprint density at radius 2 is 1.61 bits per heavy atom. The van der Waals surface area contributed by atoms with E-state index < -0.39 is 77.9 Å². The van der Waals surface area contributed by atoms with Gasteiger partial charge >= 0.3 is 12.1 Å². The normalized spacial score (nSPS) is 35.3. The van der Waals surface area contributed by atoms with E-state index in [1.165, 1.54) is 6.92 Å². The van der Waals surface area contributed by atoms with Crippen LogP contribution in [0.25, 0.3) is 11.3 Å². The van der Waals surface area contributed by atoms with E-state index in [2.05, 4.69) is 4.98 Å². The highest BCUT2D eigenvalue weighted by atomic mass is 16.7.